The summed E-state index contributed by atoms with van der Waals surface area (Å²) in [6.45, 7) is 1.83. The first-order valence-corrected chi connectivity index (χ1v) is 10.3. The normalized spacial score (nSPS) is 31.5. The molecule has 1 amide bonds. The summed E-state index contributed by atoms with van der Waals surface area (Å²) in [4.78, 5) is 12.9. The first kappa shape index (κ1) is 17.2. The third-order valence-corrected chi connectivity index (χ3v) is 6.95. The van der Waals surface area contributed by atoms with E-state index in [2.05, 4.69) is 10.6 Å². The Morgan fingerprint density at radius 2 is 1.81 bits per heavy atom. The topological polar surface area (TPSA) is 54.3 Å². The Balaban J connectivity index is 1.11. The van der Waals surface area contributed by atoms with Crippen LogP contribution in [0.15, 0.2) is 28.7 Å². The molecule has 0 unspecified atom stereocenters. The molecule has 6 rings (SSSR count). The predicted octanol–water partition coefficient (Wildman–Crippen LogP) is 3.99. The maximum Gasteiger partial charge on any atom is 0.226 e. The number of carbonyl (C=O) groups excluding carboxylic acids is 1. The second kappa shape index (κ2) is 6.62. The SMILES string of the molecule is O=C(NCCNCc1cc2cccc(F)c2o1)C12CC3CC(CC(C3)C1)C2. The number of hydrogen-bond donors (Lipinski definition) is 2. The Hall–Kier alpha value is -1.88. The highest BCUT2D eigenvalue weighted by Gasteiger charge is 2.54. The van der Waals surface area contributed by atoms with Gasteiger partial charge in [-0.25, -0.2) is 4.39 Å². The smallest absolute Gasteiger partial charge is 0.226 e. The largest absolute Gasteiger partial charge is 0.457 e. The minimum Gasteiger partial charge on any atom is -0.457 e. The van der Waals surface area contributed by atoms with Crippen molar-refractivity contribution in [3.63, 3.8) is 0 Å². The van der Waals surface area contributed by atoms with E-state index in [1.165, 1.54) is 25.3 Å². The summed E-state index contributed by atoms with van der Waals surface area (Å²) in [6, 6.07) is 6.80. The minimum absolute atomic E-state index is 0.0784. The molecular formula is C22H27FN2O2. The number of halogens is 1. The van der Waals surface area contributed by atoms with Gasteiger partial charge in [0.1, 0.15) is 5.76 Å². The van der Waals surface area contributed by atoms with Crippen LogP contribution in [-0.4, -0.2) is 19.0 Å². The molecule has 2 N–H and O–H groups in total. The Morgan fingerprint density at radius 3 is 2.48 bits per heavy atom. The Kier molecular flexibility index (Phi) is 4.23. The number of benzene rings is 1. The Labute approximate surface area is 158 Å². The lowest BCUT2D eigenvalue weighted by atomic mass is 9.49. The van der Waals surface area contributed by atoms with E-state index in [4.69, 9.17) is 4.42 Å². The molecule has 5 heteroatoms. The van der Waals surface area contributed by atoms with E-state index in [0.717, 1.165) is 42.4 Å². The molecule has 4 nitrogen and oxygen atoms in total. The zero-order chi connectivity index (χ0) is 18.4. The van der Waals surface area contributed by atoms with Crippen molar-refractivity contribution in [1.82, 2.24) is 10.6 Å². The van der Waals surface area contributed by atoms with Crippen molar-refractivity contribution >= 4 is 16.9 Å². The average molecular weight is 370 g/mol. The van der Waals surface area contributed by atoms with Crippen LogP contribution in [0.4, 0.5) is 4.39 Å². The highest BCUT2D eigenvalue weighted by atomic mass is 19.1. The molecule has 1 heterocycles. The monoisotopic (exact) mass is 370 g/mol. The molecule has 1 aromatic heterocycles. The van der Waals surface area contributed by atoms with E-state index < -0.39 is 0 Å². The number of para-hydroxylation sites is 1. The van der Waals surface area contributed by atoms with Crippen LogP contribution in [0.1, 0.15) is 44.3 Å². The molecule has 4 aliphatic carbocycles. The lowest BCUT2D eigenvalue weighted by Gasteiger charge is -2.55. The van der Waals surface area contributed by atoms with Crippen LogP contribution in [-0.2, 0) is 11.3 Å². The van der Waals surface area contributed by atoms with Crippen LogP contribution in [0.25, 0.3) is 11.0 Å². The summed E-state index contributed by atoms with van der Waals surface area (Å²) in [5.41, 5.74) is 0.231. The molecular weight excluding hydrogens is 343 g/mol. The van der Waals surface area contributed by atoms with Crippen LogP contribution in [0.5, 0.6) is 0 Å². The van der Waals surface area contributed by atoms with E-state index in [0.29, 0.717) is 31.0 Å². The van der Waals surface area contributed by atoms with E-state index >= 15 is 0 Å². The van der Waals surface area contributed by atoms with E-state index in [9.17, 15) is 9.18 Å². The van der Waals surface area contributed by atoms with Crippen molar-refractivity contribution < 1.29 is 13.6 Å². The van der Waals surface area contributed by atoms with Crippen molar-refractivity contribution in [3.05, 3.63) is 35.8 Å². The number of rotatable bonds is 6. The van der Waals surface area contributed by atoms with Gasteiger partial charge < -0.3 is 15.1 Å². The zero-order valence-corrected chi connectivity index (χ0v) is 15.6. The number of furan rings is 1. The standard InChI is InChI=1S/C22H27FN2O2/c23-19-3-1-2-17-9-18(27-20(17)19)13-24-4-5-25-21(26)22-10-14-6-15(11-22)8-16(7-14)12-22/h1-3,9,14-16,24H,4-8,10-13H2,(H,25,26). The van der Waals surface area contributed by atoms with E-state index in [1.807, 2.05) is 12.1 Å². The summed E-state index contributed by atoms with van der Waals surface area (Å²) in [5, 5.41) is 7.23. The van der Waals surface area contributed by atoms with Crippen molar-refractivity contribution in [3.8, 4) is 0 Å². The summed E-state index contributed by atoms with van der Waals surface area (Å²) >= 11 is 0. The fraction of sp³-hybridized carbons (Fsp3) is 0.591. The number of hydrogen-bond acceptors (Lipinski definition) is 3. The van der Waals surface area contributed by atoms with Crippen molar-refractivity contribution in [2.24, 2.45) is 23.2 Å². The molecule has 0 radical (unpaired) electrons. The fourth-order valence-electron chi connectivity index (χ4n) is 6.22. The van der Waals surface area contributed by atoms with Crippen LogP contribution in [0.3, 0.4) is 0 Å². The van der Waals surface area contributed by atoms with Crippen molar-refractivity contribution in [2.45, 2.75) is 45.1 Å². The van der Waals surface area contributed by atoms with Crippen LogP contribution < -0.4 is 10.6 Å². The molecule has 27 heavy (non-hydrogen) atoms. The van der Waals surface area contributed by atoms with Gasteiger partial charge in [-0.1, -0.05) is 12.1 Å². The molecule has 144 valence electrons. The molecule has 4 saturated carbocycles. The van der Waals surface area contributed by atoms with Crippen LogP contribution >= 0.6 is 0 Å². The molecule has 4 aliphatic rings. The lowest BCUT2D eigenvalue weighted by Crippen LogP contribution is -2.54. The number of amides is 1. The van der Waals surface area contributed by atoms with Gasteiger partial charge in [-0.3, -0.25) is 4.79 Å². The number of nitrogens with one attached hydrogen (secondary N) is 2. The summed E-state index contributed by atoms with van der Waals surface area (Å²) in [6.07, 6.45) is 7.36. The molecule has 0 aliphatic heterocycles. The highest BCUT2D eigenvalue weighted by molar-refractivity contribution is 5.83. The maximum atomic E-state index is 13.7. The van der Waals surface area contributed by atoms with Crippen LogP contribution in [0.2, 0.25) is 0 Å². The van der Waals surface area contributed by atoms with Gasteiger partial charge in [0.05, 0.1) is 6.54 Å². The lowest BCUT2D eigenvalue weighted by molar-refractivity contribution is -0.146. The zero-order valence-electron chi connectivity index (χ0n) is 15.6. The first-order valence-electron chi connectivity index (χ1n) is 10.3. The van der Waals surface area contributed by atoms with Gasteiger partial charge in [0, 0.05) is 23.9 Å². The molecule has 4 bridgehead atoms. The van der Waals surface area contributed by atoms with Crippen molar-refractivity contribution in [2.75, 3.05) is 13.1 Å². The summed E-state index contributed by atoms with van der Waals surface area (Å²) in [5.74, 6) is 3.01. The van der Waals surface area contributed by atoms with Gasteiger partial charge in [-0.05, 0) is 68.4 Å². The van der Waals surface area contributed by atoms with Gasteiger partial charge in [0.15, 0.2) is 11.4 Å². The third kappa shape index (κ3) is 3.16. The first-order chi connectivity index (χ1) is 13.1. The van der Waals surface area contributed by atoms with Crippen LogP contribution in [0, 0.1) is 29.0 Å². The van der Waals surface area contributed by atoms with Gasteiger partial charge >= 0.3 is 0 Å². The Morgan fingerprint density at radius 1 is 1.11 bits per heavy atom. The van der Waals surface area contributed by atoms with Gasteiger partial charge in [0.2, 0.25) is 5.91 Å². The Bertz CT molecular complexity index is 824. The number of carbonyl (C=O) groups is 1. The summed E-state index contributed by atoms with van der Waals surface area (Å²) < 4.78 is 19.2. The maximum absolute atomic E-state index is 13.7. The second-order valence-corrected chi connectivity index (χ2v) is 9.00. The van der Waals surface area contributed by atoms with Gasteiger partial charge in [-0.2, -0.15) is 0 Å². The van der Waals surface area contributed by atoms with E-state index in [1.54, 1.807) is 6.07 Å². The van der Waals surface area contributed by atoms with Gasteiger partial charge in [-0.15, -0.1) is 0 Å². The molecule has 0 atom stereocenters. The molecule has 0 spiro atoms. The molecule has 4 fully saturated rings. The third-order valence-electron chi connectivity index (χ3n) is 6.95. The minimum atomic E-state index is -0.332. The quantitative estimate of drug-likeness (QED) is 0.756. The summed E-state index contributed by atoms with van der Waals surface area (Å²) in [7, 11) is 0. The average Bonchev–Trinajstić information content (AvgIpc) is 3.04. The second-order valence-electron chi connectivity index (χ2n) is 9.00. The predicted molar refractivity (Wildman–Crippen MR) is 101 cm³/mol. The van der Waals surface area contributed by atoms with Crippen molar-refractivity contribution in [1.29, 1.82) is 0 Å². The molecule has 0 saturated heterocycles. The fourth-order valence-corrected chi connectivity index (χ4v) is 6.22. The van der Waals surface area contributed by atoms with E-state index in [-0.39, 0.29) is 17.1 Å². The molecule has 2 aromatic rings. The number of fused-ring (bicyclic) bond motifs is 1. The molecule has 1 aromatic carbocycles. The van der Waals surface area contributed by atoms with Gasteiger partial charge in [0.25, 0.3) is 0 Å². The highest BCUT2D eigenvalue weighted by Crippen LogP contribution is 2.60.